The highest BCUT2D eigenvalue weighted by Crippen LogP contribution is 2.13. The third kappa shape index (κ3) is 5.19. The molecule has 0 bridgehead atoms. The van der Waals surface area contributed by atoms with E-state index in [0.29, 0.717) is 24.2 Å². The van der Waals surface area contributed by atoms with Crippen LogP contribution in [0.1, 0.15) is 19.3 Å². The van der Waals surface area contributed by atoms with E-state index in [1.165, 1.54) is 0 Å². The first-order chi connectivity index (χ1) is 9.24. The minimum atomic E-state index is -0.0312. The summed E-state index contributed by atoms with van der Waals surface area (Å²) in [4.78, 5) is 11.7. The second-order valence-electron chi connectivity index (χ2n) is 4.63. The molecule has 0 unspecified atom stereocenters. The Morgan fingerprint density at radius 1 is 1.32 bits per heavy atom. The lowest BCUT2D eigenvalue weighted by Crippen LogP contribution is -2.33. The van der Waals surface area contributed by atoms with Crippen molar-refractivity contribution in [2.75, 3.05) is 25.0 Å². The van der Waals surface area contributed by atoms with Crippen molar-refractivity contribution in [1.82, 2.24) is 5.32 Å². The van der Waals surface area contributed by atoms with E-state index in [-0.39, 0.29) is 5.91 Å². The van der Waals surface area contributed by atoms with Gasteiger partial charge in [0.05, 0.1) is 19.1 Å². The Kier molecular flexibility index (Phi) is 5.63. The lowest BCUT2D eigenvalue weighted by Gasteiger charge is -2.22. The number of halogens is 1. The zero-order valence-corrected chi connectivity index (χ0v) is 11.6. The van der Waals surface area contributed by atoms with Gasteiger partial charge in [-0.3, -0.25) is 4.79 Å². The summed E-state index contributed by atoms with van der Waals surface area (Å²) in [6.07, 6.45) is 2.73. The third-order valence-corrected chi connectivity index (χ3v) is 3.35. The maximum atomic E-state index is 11.7. The van der Waals surface area contributed by atoms with E-state index in [4.69, 9.17) is 16.3 Å². The Bertz CT molecular complexity index is 402. The van der Waals surface area contributed by atoms with Crippen LogP contribution in [-0.4, -0.2) is 31.7 Å². The van der Waals surface area contributed by atoms with Crippen LogP contribution < -0.4 is 10.6 Å². The van der Waals surface area contributed by atoms with Gasteiger partial charge < -0.3 is 15.4 Å². The highest BCUT2D eigenvalue weighted by atomic mass is 35.5. The van der Waals surface area contributed by atoms with E-state index in [9.17, 15) is 4.79 Å². The van der Waals surface area contributed by atoms with Crippen LogP contribution in [0.4, 0.5) is 5.69 Å². The number of carbonyl (C=O) groups is 1. The second kappa shape index (κ2) is 7.48. The summed E-state index contributed by atoms with van der Waals surface area (Å²) in [7, 11) is 0. The van der Waals surface area contributed by atoms with Gasteiger partial charge in [0.2, 0.25) is 5.91 Å². The number of nitrogens with one attached hydrogen (secondary N) is 2. The molecule has 1 fully saturated rings. The van der Waals surface area contributed by atoms with Crippen molar-refractivity contribution in [2.45, 2.75) is 25.4 Å². The van der Waals surface area contributed by atoms with Crippen molar-refractivity contribution >= 4 is 23.2 Å². The lowest BCUT2D eigenvalue weighted by atomic mass is 10.1. The molecule has 1 aromatic carbocycles. The van der Waals surface area contributed by atoms with E-state index in [1.54, 1.807) is 24.3 Å². The Hall–Kier alpha value is -1.10. The van der Waals surface area contributed by atoms with Crippen molar-refractivity contribution in [2.24, 2.45) is 0 Å². The molecule has 5 heteroatoms. The van der Waals surface area contributed by atoms with Gasteiger partial charge in [-0.05, 0) is 50.2 Å². The first-order valence-electron chi connectivity index (χ1n) is 6.62. The van der Waals surface area contributed by atoms with Gasteiger partial charge in [-0.25, -0.2) is 0 Å². The third-order valence-electron chi connectivity index (χ3n) is 3.10. The average molecular weight is 283 g/mol. The van der Waals surface area contributed by atoms with Gasteiger partial charge in [0.25, 0.3) is 0 Å². The largest absolute Gasteiger partial charge is 0.378 e. The Morgan fingerprint density at radius 3 is 2.68 bits per heavy atom. The van der Waals surface area contributed by atoms with E-state index in [1.807, 2.05) is 0 Å². The number of hydrogen-bond donors (Lipinski definition) is 2. The number of piperidine rings is 1. The Balaban J connectivity index is 1.65. The molecule has 104 valence electrons. The molecule has 0 aromatic heterocycles. The molecule has 0 atom stereocenters. The SMILES string of the molecule is O=C(CCOC1CCNCC1)Nc1ccc(Cl)cc1. The van der Waals surface area contributed by atoms with E-state index in [2.05, 4.69) is 10.6 Å². The number of amides is 1. The zero-order chi connectivity index (χ0) is 13.5. The van der Waals surface area contributed by atoms with Gasteiger partial charge in [0, 0.05) is 10.7 Å². The number of anilines is 1. The molecule has 0 aliphatic carbocycles. The smallest absolute Gasteiger partial charge is 0.226 e. The molecule has 1 saturated heterocycles. The summed E-state index contributed by atoms with van der Waals surface area (Å²) < 4.78 is 5.69. The fourth-order valence-electron chi connectivity index (χ4n) is 2.04. The molecule has 4 nitrogen and oxygen atoms in total. The van der Waals surface area contributed by atoms with E-state index < -0.39 is 0 Å². The van der Waals surface area contributed by atoms with Crippen LogP contribution in [0.5, 0.6) is 0 Å². The molecule has 0 spiro atoms. The van der Waals surface area contributed by atoms with Gasteiger partial charge in [0.1, 0.15) is 0 Å². The quantitative estimate of drug-likeness (QED) is 0.872. The number of benzene rings is 1. The maximum Gasteiger partial charge on any atom is 0.226 e. The Labute approximate surface area is 118 Å². The average Bonchev–Trinajstić information content (AvgIpc) is 2.43. The van der Waals surface area contributed by atoms with E-state index >= 15 is 0 Å². The van der Waals surface area contributed by atoms with Crippen LogP contribution in [-0.2, 0) is 9.53 Å². The van der Waals surface area contributed by atoms with Crippen LogP contribution in [0.2, 0.25) is 5.02 Å². The van der Waals surface area contributed by atoms with Gasteiger partial charge in [-0.1, -0.05) is 11.6 Å². The van der Waals surface area contributed by atoms with Crippen LogP contribution in [0.25, 0.3) is 0 Å². The molecule has 19 heavy (non-hydrogen) atoms. The topological polar surface area (TPSA) is 50.4 Å². The minimum Gasteiger partial charge on any atom is -0.378 e. The van der Waals surface area contributed by atoms with Crippen molar-refractivity contribution in [1.29, 1.82) is 0 Å². The fraction of sp³-hybridized carbons (Fsp3) is 0.500. The second-order valence-corrected chi connectivity index (χ2v) is 5.06. The molecular weight excluding hydrogens is 264 g/mol. The lowest BCUT2D eigenvalue weighted by molar-refractivity contribution is -0.117. The molecule has 2 N–H and O–H groups in total. The first kappa shape index (κ1) is 14.3. The highest BCUT2D eigenvalue weighted by molar-refractivity contribution is 6.30. The first-order valence-corrected chi connectivity index (χ1v) is 6.99. The van der Waals surface area contributed by atoms with E-state index in [0.717, 1.165) is 31.6 Å². The number of rotatable bonds is 5. The van der Waals surface area contributed by atoms with Crippen LogP contribution >= 0.6 is 11.6 Å². The number of ether oxygens (including phenoxy) is 1. The number of hydrogen-bond acceptors (Lipinski definition) is 3. The molecule has 2 rings (SSSR count). The summed E-state index contributed by atoms with van der Waals surface area (Å²) in [5, 5.41) is 6.76. The van der Waals surface area contributed by atoms with Gasteiger partial charge in [0.15, 0.2) is 0 Å². The van der Waals surface area contributed by atoms with Crippen LogP contribution in [0.3, 0.4) is 0 Å². The van der Waals surface area contributed by atoms with Crippen LogP contribution in [0.15, 0.2) is 24.3 Å². The van der Waals surface area contributed by atoms with Crippen molar-refractivity contribution in [3.8, 4) is 0 Å². The maximum absolute atomic E-state index is 11.7. The molecule has 0 saturated carbocycles. The summed E-state index contributed by atoms with van der Waals surface area (Å²) in [5.74, 6) is -0.0312. The molecule has 1 aliphatic rings. The molecule has 1 amide bonds. The van der Waals surface area contributed by atoms with Gasteiger partial charge in [-0.15, -0.1) is 0 Å². The highest BCUT2D eigenvalue weighted by Gasteiger charge is 2.13. The molecule has 1 heterocycles. The van der Waals surface area contributed by atoms with Crippen molar-refractivity contribution < 1.29 is 9.53 Å². The molecule has 1 aromatic rings. The van der Waals surface area contributed by atoms with Crippen molar-refractivity contribution in [3.63, 3.8) is 0 Å². The summed E-state index contributed by atoms with van der Waals surface area (Å²) in [6, 6.07) is 7.08. The van der Waals surface area contributed by atoms with Crippen LogP contribution in [0, 0.1) is 0 Å². The summed E-state index contributed by atoms with van der Waals surface area (Å²) in [6.45, 7) is 2.48. The Morgan fingerprint density at radius 2 is 2.00 bits per heavy atom. The molecule has 0 radical (unpaired) electrons. The normalized spacial score (nSPS) is 16.3. The predicted octanol–water partition coefficient (Wildman–Crippen LogP) is 2.44. The van der Waals surface area contributed by atoms with Crippen molar-refractivity contribution in [3.05, 3.63) is 29.3 Å². The monoisotopic (exact) mass is 282 g/mol. The predicted molar refractivity (Wildman–Crippen MR) is 76.5 cm³/mol. The minimum absolute atomic E-state index is 0.0312. The number of carbonyl (C=O) groups excluding carboxylic acids is 1. The van der Waals surface area contributed by atoms with Gasteiger partial charge in [-0.2, -0.15) is 0 Å². The molecule has 1 aliphatic heterocycles. The zero-order valence-electron chi connectivity index (χ0n) is 10.8. The summed E-state index contributed by atoms with van der Waals surface area (Å²) in [5.41, 5.74) is 0.760. The molecular formula is C14H19ClN2O2. The van der Waals surface area contributed by atoms with Gasteiger partial charge >= 0.3 is 0 Å². The fourth-order valence-corrected chi connectivity index (χ4v) is 2.16. The summed E-state index contributed by atoms with van der Waals surface area (Å²) >= 11 is 5.78. The standard InChI is InChI=1S/C14H19ClN2O2/c15-11-1-3-12(4-2-11)17-14(18)7-10-19-13-5-8-16-9-6-13/h1-4,13,16H,5-10H2,(H,17,18).